The molecule has 1 aromatic carbocycles. The van der Waals surface area contributed by atoms with Crippen LogP contribution in [0.3, 0.4) is 0 Å². The number of carbonyl (C=O) groups excluding carboxylic acids is 2. The number of hydrogen-bond acceptors (Lipinski definition) is 9. The number of urea groups is 1. The summed E-state index contributed by atoms with van der Waals surface area (Å²) in [5, 5.41) is 10.1. The van der Waals surface area contributed by atoms with Crippen molar-refractivity contribution < 1.29 is 92.0 Å². The number of unbranched alkanes of at least 4 members (excludes halogenated alkanes) is 1. The molecule has 13 nitrogen and oxygen atoms in total. The standard InChI is InChI=1S/C39H50F9N2O11P/c1-21-20-50(29-19-35(61-62(54,55)56)30(51)31(35)60-29)33(53)49(32(21)52)14-3-4-15-57-23-7-9-24-22(18-23)6-8-26-25(24)12-13-34(2)27(26)10-11-28(34)58-16-5-17-59-36(37(40,41)42,38(43,44)45)39(46,47)48/h7,9,18,21,25-31,51H,3-6,8,10-17,19-20H2,1-2H3,(H2,54,55,56)/t21?,25?,26?,27?,28?,29-,30?,31-,34?,35+/m1/s1. The van der Waals surface area contributed by atoms with Crippen LogP contribution in [0.15, 0.2) is 18.2 Å². The number of carbonyl (C=O) groups is 2. The molecule has 3 saturated carbocycles. The number of hydrogen-bond donors (Lipinski definition) is 3. The Morgan fingerprint density at radius 2 is 1.61 bits per heavy atom. The summed E-state index contributed by atoms with van der Waals surface area (Å²) < 4.78 is 157. The minimum Gasteiger partial charge on any atom is -0.494 e. The van der Waals surface area contributed by atoms with Gasteiger partial charge in [-0.2, -0.15) is 39.5 Å². The Morgan fingerprint density at radius 1 is 0.919 bits per heavy atom. The number of aryl methyl sites for hydroxylation is 1. The van der Waals surface area contributed by atoms with Crippen LogP contribution in [0.4, 0.5) is 44.3 Å². The van der Waals surface area contributed by atoms with E-state index in [1.807, 2.05) is 12.1 Å². The lowest BCUT2D eigenvalue weighted by Gasteiger charge is -2.50. The number of nitrogens with zero attached hydrogens (tertiary/aromatic N) is 2. The first-order valence-electron chi connectivity index (χ1n) is 20.7. The van der Waals surface area contributed by atoms with Crippen LogP contribution in [0.1, 0.15) is 88.7 Å². The monoisotopic (exact) mass is 924 g/mol. The van der Waals surface area contributed by atoms with Crippen LogP contribution in [0.5, 0.6) is 5.75 Å². The number of phosphoric acid groups is 1. The fourth-order valence-electron chi connectivity index (χ4n) is 10.9. The molecule has 2 aliphatic heterocycles. The largest absolute Gasteiger partial charge is 0.494 e. The summed E-state index contributed by atoms with van der Waals surface area (Å²) in [6.07, 6.45) is -19.2. The van der Waals surface area contributed by atoms with Crippen molar-refractivity contribution in [1.82, 2.24) is 9.80 Å². The van der Waals surface area contributed by atoms with Crippen LogP contribution in [-0.4, -0.2) is 124 Å². The number of alkyl halides is 9. The van der Waals surface area contributed by atoms with Crippen molar-refractivity contribution in [3.8, 4) is 5.75 Å². The van der Waals surface area contributed by atoms with Crippen molar-refractivity contribution in [3.63, 3.8) is 0 Å². The van der Waals surface area contributed by atoms with E-state index in [0.29, 0.717) is 37.5 Å². The number of aliphatic hydroxyl groups is 1. The molecule has 2 heterocycles. The summed E-state index contributed by atoms with van der Waals surface area (Å²) >= 11 is 0. The van der Waals surface area contributed by atoms with Gasteiger partial charge in [-0.25, -0.2) is 9.36 Å². The first kappa shape index (κ1) is 47.2. The number of amides is 3. The van der Waals surface area contributed by atoms with E-state index in [1.54, 1.807) is 6.92 Å². The highest BCUT2D eigenvalue weighted by Crippen LogP contribution is 2.63. The van der Waals surface area contributed by atoms with Gasteiger partial charge in [-0.05, 0) is 104 Å². The van der Waals surface area contributed by atoms with Crippen LogP contribution < -0.4 is 4.74 Å². The fourth-order valence-corrected chi connectivity index (χ4v) is 11.6. The van der Waals surface area contributed by atoms with E-state index in [0.717, 1.165) is 42.6 Å². The van der Waals surface area contributed by atoms with Crippen molar-refractivity contribution >= 4 is 19.8 Å². The molecular weight excluding hydrogens is 874 g/mol. The molecule has 0 radical (unpaired) electrons. The number of rotatable bonds is 15. The molecule has 0 bridgehead atoms. The normalized spacial score (nSPS) is 33.9. The SMILES string of the molecule is CC1CN([C@H]2C[C@]3(OP(=O)(O)O)C(O)[C@H]3O2)C(=O)N(CCCCOc2ccc3c(c2)CCC2C3CCC3(C)C(OCCCOC(C(F)(F)F)(C(F)(F)F)C(F)(F)F)CCC23)C1=O. The molecule has 1 aromatic rings. The topological polar surface area (TPSA) is 165 Å². The third kappa shape index (κ3) is 8.36. The van der Waals surface area contributed by atoms with Crippen LogP contribution in [0.25, 0.3) is 0 Å². The zero-order valence-corrected chi connectivity index (χ0v) is 34.7. The van der Waals surface area contributed by atoms with Crippen molar-refractivity contribution in [1.29, 1.82) is 0 Å². The smallest absolute Gasteiger partial charge is 0.470 e. The van der Waals surface area contributed by atoms with E-state index in [9.17, 15) is 68.6 Å². The number of benzene rings is 1. The maximum Gasteiger partial charge on any atom is 0.470 e. The quantitative estimate of drug-likeness (QED) is 0.0930. The van der Waals surface area contributed by atoms with Gasteiger partial charge in [0.05, 0.1) is 25.2 Å². The van der Waals surface area contributed by atoms with E-state index < -0.39 is 81.0 Å². The van der Waals surface area contributed by atoms with Crippen molar-refractivity contribution in [2.75, 3.05) is 32.9 Å². The van der Waals surface area contributed by atoms with Crippen molar-refractivity contribution in [2.45, 2.75) is 138 Å². The summed E-state index contributed by atoms with van der Waals surface area (Å²) in [5.41, 5.74) is -5.91. The second-order valence-electron chi connectivity index (χ2n) is 17.7. The Kier molecular flexibility index (Phi) is 12.7. The second kappa shape index (κ2) is 16.6. The minimum atomic E-state index is -6.78. The summed E-state index contributed by atoms with van der Waals surface area (Å²) in [4.78, 5) is 47.5. The van der Waals surface area contributed by atoms with Crippen LogP contribution >= 0.6 is 7.82 Å². The molecule has 0 spiro atoms. The van der Waals surface area contributed by atoms with E-state index in [1.165, 1.54) is 10.5 Å². The van der Waals surface area contributed by atoms with Gasteiger partial charge in [0.1, 0.15) is 29.8 Å². The number of imide groups is 1. The molecule has 4 aliphatic carbocycles. The first-order chi connectivity index (χ1) is 28.8. The van der Waals surface area contributed by atoms with E-state index in [4.69, 9.17) is 18.7 Å². The number of fused-ring (bicyclic) bond motifs is 6. The zero-order chi connectivity index (χ0) is 45.4. The zero-order valence-electron chi connectivity index (χ0n) is 33.8. The third-order valence-corrected chi connectivity index (χ3v) is 14.6. The van der Waals surface area contributed by atoms with Gasteiger partial charge in [0, 0.05) is 26.1 Å². The summed E-state index contributed by atoms with van der Waals surface area (Å²) in [5.74, 6) is 0.485. The van der Waals surface area contributed by atoms with Crippen LogP contribution in [-0.2, 0) is 34.5 Å². The average molecular weight is 925 g/mol. The molecule has 10 atom stereocenters. The predicted octanol–water partition coefficient (Wildman–Crippen LogP) is 7.16. The number of halogens is 9. The molecule has 62 heavy (non-hydrogen) atoms. The third-order valence-electron chi connectivity index (χ3n) is 14.0. The Bertz CT molecular complexity index is 1860. The summed E-state index contributed by atoms with van der Waals surface area (Å²) in [6, 6.07) is 5.35. The molecule has 7 unspecified atom stereocenters. The lowest BCUT2D eigenvalue weighted by molar-refractivity contribution is -0.457. The number of aliphatic hydroxyl groups excluding tert-OH is 1. The molecule has 350 valence electrons. The molecular formula is C39H50F9N2O11P. The summed E-state index contributed by atoms with van der Waals surface area (Å²) in [7, 11) is -4.96. The molecule has 23 heteroatoms. The van der Waals surface area contributed by atoms with Gasteiger partial charge in [0.2, 0.25) is 5.91 Å². The van der Waals surface area contributed by atoms with Gasteiger partial charge in [0.25, 0.3) is 0 Å². The highest BCUT2D eigenvalue weighted by molar-refractivity contribution is 7.46. The van der Waals surface area contributed by atoms with E-state index >= 15 is 0 Å². The maximum absolute atomic E-state index is 13.4. The fraction of sp³-hybridized carbons (Fsp3) is 0.795. The lowest BCUT2D eigenvalue weighted by Crippen LogP contribution is -2.67. The highest BCUT2D eigenvalue weighted by atomic mass is 31.2. The van der Waals surface area contributed by atoms with Crippen LogP contribution in [0, 0.1) is 23.2 Å². The van der Waals surface area contributed by atoms with Crippen molar-refractivity contribution in [3.05, 3.63) is 29.3 Å². The van der Waals surface area contributed by atoms with Crippen LogP contribution in [0.2, 0.25) is 0 Å². The highest BCUT2D eigenvalue weighted by Gasteiger charge is 2.85. The van der Waals surface area contributed by atoms with E-state index in [2.05, 4.69) is 17.7 Å². The molecule has 5 fully saturated rings. The van der Waals surface area contributed by atoms with E-state index in [-0.39, 0.29) is 55.4 Å². The Morgan fingerprint density at radius 3 is 2.27 bits per heavy atom. The summed E-state index contributed by atoms with van der Waals surface area (Å²) in [6.45, 7) is 2.32. The Balaban J connectivity index is 0.868. The molecule has 3 N–H and O–H groups in total. The molecule has 7 rings (SSSR count). The maximum atomic E-state index is 13.4. The number of phosphoric ester groups is 1. The molecule has 2 saturated heterocycles. The van der Waals surface area contributed by atoms with Gasteiger partial charge in [-0.15, -0.1) is 0 Å². The molecule has 6 aliphatic rings. The van der Waals surface area contributed by atoms with Gasteiger partial charge < -0.3 is 33.8 Å². The lowest BCUT2D eigenvalue weighted by atomic mass is 9.55. The predicted molar refractivity (Wildman–Crippen MR) is 195 cm³/mol. The van der Waals surface area contributed by atoms with Gasteiger partial charge >= 0.3 is 38.0 Å². The van der Waals surface area contributed by atoms with Crippen molar-refractivity contribution in [2.24, 2.45) is 23.2 Å². The molecule has 0 aromatic heterocycles. The van der Waals surface area contributed by atoms with Gasteiger partial charge in [-0.3, -0.25) is 19.1 Å². The minimum absolute atomic E-state index is 0.0280. The van der Waals surface area contributed by atoms with Gasteiger partial charge in [-0.1, -0.05) is 19.9 Å². The molecule has 3 amide bonds. The first-order valence-corrected chi connectivity index (χ1v) is 22.2. The van der Waals surface area contributed by atoms with Gasteiger partial charge in [0.15, 0.2) is 0 Å². The number of ether oxygens (including phenoxy) is 4. The average Bonchev–Trinajstić information content (AvgIpc) is 3.40. The Labute approximate surface area is 350 Å². The Hall–Kier alpha value is -2.72. The second-order valence-corrected chi connectivity index (χ2v) is 18.9.